The van der Waals surface area contributed by atoms with E-state index in [4.69, 9.17) is 28.4 Å². The lowest BCUT2D eigenvalue weighted by atomic mass is 10.0. The van der Waals surface area contributed by atoms with Gasteiger partial charge in [-0.3, -0.25) is 0 Å². The molecule has 0 saturated carbocycles. The zero-order chi connectivity index (χ0) is 33.6. The third-order valence-electron chi connectivity index (χ3n) is 7.87. The minimum absolute atomic E-state index is 0.107. The summed E-state index contributed by atoms with van der Waals surface area (Å²) in [5, 5.41) is 0. The van der Waals surface area contributed by atoms with E-state index in [1.54, 1.807) is 97.1 Å². The number of ether oxygens (including phenoxy) is 6. The lowest BCUT2D eigenvalue weighted by Crippen LogP contribution is -2.36. The first-order valence-corrected chi connectivity index (χ1v) is 15.1. The van der Waals surface area contributed by atoms with Crippen LogP contribution >= 0.6 is 0 Å². The van der Waals surface area contributed by atoms with Gasteiger partial charge in [0, 0.05) is 12.2 Å². The SMILES string of the molecule is C=CC(=O)Oc1ccc(-c2ccc(C(=O)O[C@H]3CO[C@H]4[C@@H]3OC[C@H]4OC(=O)c3ccc(-c4ccc(OC(=O)C=C)cc4)cc3)cc2)cc1. The van der Waals surface area contributed by atoms with Crippen LogP contribution in [0, 0.1) is 0 Å². The summed E-state index contributed by atoms with van der Waals surface area (Å²) in [6, 6.07) is 27.7. The van der Waals surface area contributed by atoms with Gasteiger partial charge in [0.05, 0.1) is 24.3 Å². The van der Waals surface area contributed by atoms with Crippen LogP contribution < -0.4 is 9.47 Å². The van der Waals surface area contributed by atoms with Gasteiger partial charge in [0.25, 0.3) is 0 Å². The first-order chi connectivity index (χ1) is 23.3. The minimum Gasteiger partial charge on any atom is -0.453 e. The van der Waals surface area contributed by atoms with Crippen molar-refractivity contribution in [2.75, 3.05) is 13.2 Å². The number of esters is 4. The largest absolute Gasteiger partial charge is 0.453 e. The highest BCUT2D eigenvalue weighted by Crippen LogP contribution is 2.32. The second kappa shape index (κ2) is 14.3. The van der Waals surface area contributed by atoms with Gasteiger partial charge in [-0.15, -0.1) is 0 Å². The minimum atomic E-state index is -0.664. The summed E-state index contributed by atoms with van der Waals surface area (Å²) in [5.41, 5.74) is 4.18. The Morgan fingerprint density at radius 2 is 0.833 bits per heavy atom. The molecule has 2 aliphatic rings. The molecule has 4 atom stereocenters. The topological polar surface area (TPSA) is 124 Å². The molecule has 0 radical (unpaired) electrons. The summed E-state index contributed by atoms with van der Waals surface area (Å²) in [5.74, 6) is -1.34. The fraction of sp³-hybridized carbons (Fsp3) is 0.158. The maximum absolute atomic E-state index is 13.0. The number of rotatable bonds is 10. The third kappa shape index (κ3) is 7.25. The molecule has 0 spiro atoms. The molecule has 4 aromatic carbocycles. The van der Waals surface area contributed by atoms with Gasteiger partial charge in [-0.1, -0.05) is 61.7 Å². The number of benzene rings is 4. The van der Waals surface area contributed by atoms with Crippen molar-refractivity contribution in [3.8, 4) is 33.8 Å². The molecule has 2 fully saturated rings. The van der Waals surface area contributed by atoms with Crippen molar-refractivity contribution in [2.24, 2.45) is 0 Å². The molecule has 48 heavy (non-hydrogen) atoms. The Hall–Kier alpha value is -5.84. The normalized spacial score (nSPS) is 19.4. The van der Waals surface area contributed by atoms with Crippen molar-refractivity contribution in [2.45, 2.75) is 24.4 Å². The Kier molecular flexibility index (Phi) is 9.56. The van der Waals surface area contributed by atoms with E-state index in [0.717, 1.165) is 34.4 Å². The van der Waals surface area contributed by atoms with E-state index in [1.165, 1.54) is 0 Å². The molecule has 0 aliphatic carbocycles. The Bertz CT molecular complexity index is 1690. The maximum atomic E-state index is 13.0. The van der Waals surface area contributed by atoms with Crippen LogP contribution in [-0.2, 0) is 28.5 Å². The molecule has 10 nitrogen and oxygen atoms in total. The highest BCUT2D eigenvalue weighted by atomic mass is 16.7. The number of carbonyl (C=O) groups is 4. The Balaban J connectivity index is 1.00. The molecule has 2 saturated heterocycles. The smallest absolute Gasteiger partial charge is 0.338 e. The molecular weight excluding hydrogens is 616 g/mol. The van der Waals surface area contributed by atoms with Gasteiger partial charge < -0.3 is 28.4 Å². The van der Waals surface area contributed by atoms with E-state index in [9.17, 15) is 19.2 Å². The Morgan fingerprint density at radius 1 is 0.521 bits per heavy atom. The van der Waals surface area contributed by atoms with E-state index in [1.807, 2.05) is 0 Å². The molecule has 0 N–H and O–H groups in total. The summed E-state index contributed by atoms with van der Waals surface area (Å²) in [4.78, 5) is 48.7. The van der Waals surface area contributed by atoms with Crippen molar-refractivity contribution >= 4 is 23.9 Å². The molecule has 2 aliphatic heterocycles. The van der Waals surface area contributed by atoms with Gasteiger partial charge >= 0.3 is 23.9 Å². The van der Waals surface area contributed by atoms with Gasteiger partial charge in [0.15, 0.2) is 12.2 Å². The van der Waals surface area contributed by atoms with Crippen LogP contribution in [0.4, 0.5) is 0 Å². The summed E-state index contributed by atoms with van der Waals surface area (Å²) in [7, 11) is 0. The number of hydrogen-bond acceptors (Lipinski definition) is 10. The average molecular weight is 647 g/mol. The highest BCUT2D eigenvalue weighted by molar-refractivity contribution is 5.91. The maximum Gasteiger partial charge on any atom is 0.338 e. The molecule has 0 bridgehead atoms. The van der Waals surface area contributed by atoms with Crippen molar-refractivity contribution in [3.05, 3.63) is 133 Å². The fourth-order valence-corrected chi connectivity index (χ4v) is 5.39. The van der Waals surface area contributed by atoms with Gasteiger partial charge in [0.2, 0.25) is 0 Å². The van der Waals surface area contributed by atoms with Crippen molar-refractivity contribution in [1.82, 2.24) is 0 Å². The summed E-state index contributed by atoms with van der Waals surface area (Å²) < 4.78 is 33.4. The van der Waals surface area contributed by atoms with Crippen LogP contribution in [0.5, 0.6) is 11.5 Å². The van der Waals surface area contributed by atoms with Crippen LogP contribution in [0.15, 0.2) is 122 Å². The summed E-state index contributed by atoms with van der Waals surface area (Å²) in [6.07, 6.45) is -0.291. The van der Waals surface area contributed by atoms with Crippen molar-refractivity contribution in [3.63, 3.8) is 0 Å². The van der Waals surface area contributed by atoms with Crippen LogP contribution in [0.1, 0.15) is 20.7 Å². The summed E-state index contributed by atoms with van der Waals surface area (Å²) >= 11 is 0. The van der Waals surface area contributed by atoms with Crippen LogP contribution in [-0.4, -0.2) is 61.5 Å². The van der Waals surface area contributed by atoms with E-state index in [2.05, 4.69) is 13.2 Å². The standard InChI is InChI=1S/C38H30O10/c1-3-33(39)45-29-17-13-25(14-18-29)23-5-9-27(10-6-23)37(41)47-31-21-43-36-32(22-44-35(31)36)48-38(42)28-11-7-24(8-12-28)26-15-19-30(20-16-26)46-34(40)4-2/h3-20,31-32,35-36H,1-2,21-22H2/t31-,32+,35-,36-/m1/s1. The van der Waals surface area contributed by atoms with Crippen molar-refractivity contribution in [1.29, 1.82) is 0 Å². The lowest BCUT2D eigenvalue weighted by Gasteiger charge is -2.17. The molecule has 242 valence electrons. The van der Waals surface area contributed by atoms with E-state index >= 15 is 0 Å². The van der Waals surface area contributed by atoms with Crippen LogP contribution in [0.2, 0.25) is 0 Å². The zero-order valence-electron chi connectivity index (χ0n) is 25.6. The van der Waals surface area contributed by atoms with Gasteiger partial charge in [0.1, 0.15) is 23.7 Å². The van der Waals surface area contributed by atoms with Gasteiger partial charge in [-0.2, -0.15) is 0 Å². The predicted octanol–water partition coefficient (Wildman–Crippen LogP) is 5.75. The predicted molar refractivity (Wildman–Crippen MR) is 173 cm³/mol. The third-order valence-corrected chi connectivity index (χ3v) is 7.87. The van der Waals surface area contributed by atoms with Crippen molar-refractivity contribution < 1.29 is 47.6 Å². The van der Waals surface area contributed by atoms with E-state index < -0.39 is 48.3 Å². The number of fused-ring (bicyclic) bond motifs is 1. The molecule has 6 rings (SSSR count). The average Bonchev–Trinajstić information content (AvgIpc) is 3.71. The summed E-state index contributed by atoms with van der Waals surface area (Å²) in [6.45, 7) is 6.97. The molecule has 0 aromatic heterocycles. The molecule has 10 heteroatoms. The number of carbonyl (C=O) groups excluding carboxylic acids is 4. The van der Waals surface area contributed by atoms with E-state index in [0.29, 0.717) is 22.6 Å². The lowest BCUT2D eigenvalue weighted by molar-refractivity contribution is -0.129. The van der Waals surface area contributed by atoms with Gasteiger partial charge in [-0.25, -0.2) is 19.2 Å². The Labute approximate surface area is 276 Å². The number of hydrogen-bond donors (Lipinski definition) is 0. The first kappa shape index (κ1) is 32.1. The molecule has 4 aromatic rings. The highest BCUT2D eigenvalue weighted by Gasteiger charge is 2.51. The first-order valence-electron chi connectivity index (χ1n) is 15.1. The molecule has 0 unspecified atom stereocenters. The second-order valence-electron chi connectivity index (χ2n) is 10.9. The molecule has 2 heterocycles. The fourth-order valence-electron chi connectivity index (χ4n) is 5.39. The molecule has 0 amide bonds. The monoisotopic (exact) mass is 646 g/mol. The van der Waals surface area contributed by atoms with Crippen LogP contribution in [0.3, 0.4) is 0 Å². The quantitative estimate of drug-likeness (QED) is 0.120. The zero-order valence-corrected chi connectivity index (χ0v) is 25.6. The van der Waals surface area contributed by atoms with Gasteiger partial charge in [-0.05, 0) is 70.8 Å². The molecular formula is C38H30O10. The second-order valence-corrected chi connectivity index (χ2v) is 10.9. The van der Waals surface area contributed by atoms with Crippen LogP contribution in [0.25, 0.3) is 22.3 Å². The Morgan fingerprint density at radius 3 is 1.15 bits per heavy atom. The van der Waals surface area contributed by atoms with E-state index in [-0.39, 0.29) is 13.2 Å².